The zero-order valence-electron chi connectivity index (χ0n) is 14.2. The fourth-order valence-corrected chi connectivity index (χ4v) is 3.12. The lowest BCUT2D eigenvalue weighted by Gasteiger charge is -2.22. The molecular formula is C20H25N3O. The van der Waals surface area contributed by atoms with Gasteiger partial charge in [-0.05, 0) is 31.0 Å². The van der Waals surface area contributed by atoms with Gasteiger partial charge in [0.1, 0.15) is 0 Å². The Kier molecular flexibility index (Phi) is 5.49. The highest BCUT2D eigenvalue weighted by Gasteiger charge is 2.19. The van der Waals surface area contributed by atoms with Crippen LogP contribution in [0.4, 0.5) is 10.5 Å². The molecule has 2 aromatic rings. The van der Waals surface area contributed by atoms with E-state index in [0.717, 1.165) is 44.8 Å². The first kappa shape index (κ1) is 16.5. The maximum Gasteiger partial charge on any atom is 0.321 e. The second kappa shape index (κ2) is 7.97. The number of rotatable bonds is 3. The number of amides is 2. The summed E-state index contributed by atoms with van der Waals surface area (Å²) in [6.07, 6.45) is 1.01. The van der Waals surface area contributed by atoms with E-state index in [1.807, 2.05) is 35.2 Å². The molecule has 4 nitrogen and oxygen atoms in total. The lowest BCUT2D eigenvalue weighted by Crippen LogP contribution is -2.38. The van der Waals surface area contributed by atoms with Crippen LogP contribution in [0.2, 0.25) is 0 Å². The van der Waals surface area contributed by atoms with Gasteiger partial charge in [-0.1, -0.05) is 48.0 Å². The van der Waals surface area contributed by atoms with Crippen molar-refractivity contribution in [3.05, 3.63) is 65.7 Å². The summed E-state index contributed by atoms with van der Waals surface area (Å²) >= 11 is 0. The number of hydrogen-bond donors (Lipinski definition) is 1. The van der Waals surface area contributed by atoms with E-state index >= 15 is 0 Å². The van der Waals surface area contributed by atoms with E-state index in [1.54, 1.807) is 0 Å². The smallest absolute Gasteiger partial charge is 0.321 e. The molecule has 0 bridgehead atoms. The molecule has 0 atom stereocenters. The minimum absolute atomic E-state index is 0.00129. The van der Waals surface area contributed by atoms with E-state index in [2.05, 4.69) is 41.4 Å². The summed E-state index contributed by atoms with van der Waals surface area (Å²) in [5, 5.41) is 2.98. The third-order valence-electron chi connectivity index (χ3n) is 4.39. The molecule has 2 amide bonds. The Balaban J connectivity index is 1.54. The van der Waals surface area contributed by atoms with E-state index in [1.165, 1.54) is 11.1 Å². The third kappa shape index (κ3) is 4.59. The molecule has 0 unspecified atom stereocenters. The Labute approximate surface area is 144 Å². The van der Waals surface area contributed by atoms with Gasteiger partial charge < -0.3 is 10.2 Å². The van der Waals surface area contributed by atoms with Crippen LogP contribution in [-0.2, 0) is 6.54 Å². The molecule has 1 fully saturated rings. The summed E-state index contributed by atoms with van der Waals surface area (Å²) in [7, 11) is 0. The number of aryl methyl sites for hydroxylation is 1. The van der Waals surface area contributed by atoms with Crippen LogP contribution in [0.5, 0.6) is 0 Å². The third-order valence-corrected chi connectivity index (χ3v) is 4.39. The van der Waals surface area contributed by atoms with Crippen LogP contribution in [0.25, 0.3) is 0 Å². The first-order valence-electron chi connectivity index (χ1n) is 8.59. The highest BCUT2D eigenvalue weighted by atomic mass is 16.2. The van der Waals surface area contributed by atoms with E-state index in [9.17, 15) is 4.79 Å². The average molecular weight is 323 g/mol. The molecule has 2 aromatic carbocycles. The quantitative estimate of drug-likeness (QED) is 0.934. The number of nitrogens with zero attached hydrogens (tertiary/aromatic N) is 2. The number of para-hydroxylation sites is 1. The van der Waals surface area contributed by atoms with Gasteiger partial charge in [0.25, 0.3) is 0 Å². The normalized spacial score (nSPS) is 15.8. The summed E-state index contributed by atoms with van der Waals surface area (Å²) in [5.74, 6) is 0. The van der Waals surface area contributed by atoms with Gasteiger partial charge in [0.15, 0.2) is 0 Å². The summed E-state index contributed by atoms with van der Waals surface area (Å²) in [6.45, 7) is 6.60. The molecule has 0 saturated carbocycles. The first-order valence-corrected chi connectivity index (χ1v) is 8.59. The molecule has 4 heteroatoms. The zero-order chi connectivity index (χ0) is 16.8. The standard InChI is InChI=1S/C20H25N3O/c1-17-7-5-8-18(15-17)16-22-11-6-12-23(14-13-22)20(24)21-19-9-3-2-4-10-19/h2-5,7-10,15H,6,11-14,16H2,1H3,(H,21,24). The van der Waals surface area contributed by atoms with Crippen LogP contribution in [0.15, 0.2) is 54.6 Å². The minimum atomic E-state index is -0.00129. The van der Waals surface area contributed by atoms with Gasteiger partial charge in [-0.15, -0.1) is 0 Å². The zero-order valence-corrected chi connectivity index (χ0v) is 14.2. The van der Waals surface area contributed by atoms with Crippen molar-refractivity contribution < 1.29 is 4.79 Å². The van der Waals surface area contributed by atoms with Crippen molar-refractivity contribution in [2.24, 2.45) is 0 Å². The predicted octanol–water partition coefficient (Wildman–Crippen LogP) is 3.73. The molecular weight excluding hydrogens is 298 g/mol. The highest BCUT2D eigenvalue weighted by Crippen LogP contribution is 2.12. The van der Waals surface area contributed by atoms with Crippen molar-refractivity contribution in [1.29, 1.82) is 0 Å². The maximum absolute atomic E-state index is 12.4. The maximum atomic E-state index is 12.4. The number of nitrogens with one attached hydrogen (secondary N) is 1. The van der Waals surface area contributed by atoms with Gasteiger partial charge in [0.05, 0.1) is 0 Å². The second-order valence-electron chi connectivity index (χ2n) is 6.40. The second-order valence-corrected chi connectivity index (χ2v) is 6.40. The van der Waals surface area contributed by atoms with Crippen molar-refractivity contribution in [2.45, 2.75) is 19.9 Å². The summed E-state index contributed by atoms with van der Waals surface area (Å²) in [6, 6.07) is 18.3. The highest BCUT2D eigenvalue weighted by molar-refractivity contribution is 5.89. The van der Waals surface area contributed by atoms with Gasteiger partial charge in [-0.25, -0.2) is 4.79 Å². The van der Waals surface area contributed by atoms with E-state index in [0.29, 0.717) is 0 Å². The lowest BCUT2D eigenvalue weighted by atomic mass is 10.1. The van der Waals surface area contributed by atoms with Crippen LogP contribution in [-0.4, -0.2) is 42.0 Å². The van der Waals surface area contributed by atoms with Crippen molar-refractivity contribution in [2.75, 3.05) is 31.5 Å². The molecule has 0 aromatic heterocycles. The Bertz CT molecular complexity index is 672. The van der Waals surface area contributed by atoms with Crippen molar-refractivity contribution in [3.63, 3.8) is 0 Å². The number of benzene rings is 2. The van der Waals surface area contributed by atoms with Gasteiger partial charge in [-0.2, -0.15) is 0 Å². The molecule has 0 aliphatic carbocycles. The molecule has 0 radical (unpaired) electrons. The molecule has 1 aliphatic heterocycles. The largest absolute Gasteiger partial charge is 0.323 e. The number of carbonyl (C=O) groups excluding carboxylic acids is 1. The fourth-order valence-electron chi connectivity index (χ4n) is 3.12. The number of urea groups is 1. The van der Waals surface area contributed by atoms with E-state index < -0.39 is 0 Å². The summed E-state index contributed by atoms with van der Waals surface area (Å²) < 4.78 is 0. The Hall–Kier alpha value is -2.33. The van der Waals surface area contributed by atoms with Crippen molar-refractivity contribution in [3.8, 4) is 0 Å². The van der Waals surface area contributed by atoms with Crippen LogP contribution in [0.1, 0.15) is 17.5 Å². The number of carbonyl (C=O) groups is 1. The number of anilines is 1. The van der Waals surface area contributed by atoms with Gasteiger partial charge in [0, 0.05) is 38.4 Å². The Morgan fingerprint density at radius 2 is 1.83 bits per heavy atom. The SMILES string of the molecule is Cc1cccc(CN2CCCN(C(=O)Nc3ccccc3)CC2)c1. The monoisotopic (exact) mass is 323 g/mol. The molecule has 126 valence electrons. The summed E-state index contributed by atoms with van der Waals surface area (Å²) in [4.78, 5) is 16.8. The van der Waals surface area contributed by atoms with Gasteiger partial charge >= 0.3 is 6.03 Å². The topological polar surface area (TPSA) is 35.6 Å². The number of hydrogen-bond acceptors (Lipinski definition) is 2. The molecule has 1 heterocycles. The van der Waals surface area contributed by atoms with Crippen LogP contribution in [0.3, 0.4) is 0 Å². The van der Waals surface area contributed by atoms with Crippen LogP contribution >= 0.6 is 0 Å². The van der Waals surface area contributed by atoms with Crippen molar-refractivity contribution in [1.82, 2.24) is 9.80 Å². The molecule has 1 N–H and O–H groups in total. The van der Waals surface area contributed by atoms with Gasteiger partial charge in [0.2, 0.25) is 0 Å². The van der Waals surface area contributed by atoms with Crippen LogP contribution in [0, 0.1) is 6.92 Å². The van der Waals surface area contributed by atoms with Gasteiger partial charge in [-0.3, -0.25) is 4.90 Å². The molecule has 1 saturated heterocycles. The Morgan fingerprint density at radius 1 is 1.00 bits per heavy atom. The molecule has 24 heavy (non-hydrogen) atoms. The molecule has 1 aliphatic rings. The molecule has 3 rings (SSSR count). The minimum Gasteiger partial charge on any atom is -0.323 e. The predicted molar refractivity (Wildman–Crippen MR) is 98.1 cm³/mol. The lowest BCUT2D eigenvalue weighted by molar-refractivity contribution is 0.211. The van der Waals surface area contributed by atoms with Crippen LogP contribution < -0.4 is 5.32 Å². The fraction of sp³-hybridized carbons (Fsp3) is 0.350. The summed E-state index contributed by atoms with van der Waals surface area (Å²) in [5.41, 5.74) is 3.49. The average Bonchev–Trinajstić information content (AvgIpc) is 2.81. The Morgan fingerprint density at radius 3 is 2.62 bits per heavy atom. The first-order chi connectivity index (χ1) is 11.7. The van der Waals surface area contributed by atoms with E-state index in [4.69, 9.17) is 0 Å². The van der Waals surface area contributed by atoms with Crippen molar-refractivity contribution >= 4 is 11.7 Å². The van der Waals surface area contributed by atoms with E-state index in [-0.39, 0.29) is 6.03 Å². The molecule has 0 spiro atoms.